The Morgan fingerprint density at radius 3 is 2.76 bits per heavy atom. The number of hydrogen-bond acceptors (Lipinski definition) is 5. The van der Waals surface area contributed by atoms with Gasteiger partial charge in [0.1, 0.15) is 5.75 Å². The Balaban J connectivity index is 1.48. The smallest absolute Gasteiger partial charge is 0.220 e. The molecule has 0 saturated carbocycles. The molecule has 1 aromatic carbocycles. The Morgan fingerprint density at radius 2 is 2.10 bits per heavy atom. The molecule has 0 bridgehead atoms. The first-order valence-electron chi connectivity index (χ1n) is 10.6. The summed E-state index contributed by atoms with van der Waals surface area (Å²) in [5.74, 6) is 4.12. The third-order valence-corrected chi connectivity index (χ3v) is 6.09. The number of piperidine rings is 1. The summed E-state index contributed by atoms with van der Waals surface area (Å²) in [6, 6.07) is 8.59. The van der Waals surface area contributed by atoms with Crippen LogP contribution >= 0.6 is 0 Å². The quantitative estimate of drug-likeness (QED) is 0.612. The van der Waals surface area contributed by atoms with Crippen LogP contribution in [0.3, 0.4) is 0 Å². The highest BCUT2D eigenvalue weighted by Crippen LogP contribution is 2.37. The third kappa shape index (κ3) is 6.04. The number of ether oxygens (including phenoxy) is 1. The first kappa shape index (κ1) is 21.3. The fourth-order valence-electron chi connectivity index (χ4n) is 4.12. The van der Waals surface area contributed by atoms with Crippen LogP contribution in [0.15, 0.2) is 34.5 Å². The molecule has 0 radical (unpaired) electrons. The molecule has 6 nitrogen and oxygen atoms in total. The van der Waals surface area contributed by atoms with Gasteiger partial charge in [-0.05, 0) is 43.0 Å². The zero-order valence-corrected chi connectivity index (χ0v) is 17.6. The predicted molar refractivity (Wildman–Crippen MR) is 113 cm³/mol. The van der Waals surface area contributed by atoms with Crippen LogP contribution in [0.2, 0.25) is 0 Å². The summed E-state index contributed by atoms with van der Waals surface area (Å²) in [7, 11) is 1.68. The number of hydrogen-bond donors (Lipinski definition) is 1. The van der Waals surface area contributed by atoms with Crippen molar-refractivity contribution in [3.63, 3.8) is 0 Å². The van der Waals surface area contributed by atoms with Crippen molar-refractivity contribution in [2.24, 2.45) is 16.1 Å². The van der Waals surface area contributed by atoms with Gasteiger partial charge in [0.2, 0.25) is 5.91 Å². The Bertz CT molecular complexity index is 747. The topological polar surface area (TPSA) is 66.3 Å². The van der Waals surface area contributed by atoms with Gasteiger partial charge in [-0.15, -0.1) is 12.3 Å². The standard InChI is InChI=1S/C23H32N4O2/c1-4-5-13-23(25-26-23)14-12-22(28)24-16-21-18(2)7-6-15-27(21)17-19-8-10-20(29-3)11-9-19/h1,8-11,18,21H,5-7,12-17H2,2-3H3,(H,24,28)/t18-,21-/m1/s1. The minimum Gasteiger partial charge on any atom is -0.497 e. The summed E-state index contributed by atoms with van der Waals surface area (Å²) in [5, 5.41) is 11.4. The van der Waals surface area contributed by atoms with E-state index in [1.807, 2.05) is 12.1 Å². The van der Waals surface area contributed by atoms with E-state index in [4.69, 9.17) is 11.2 Å². The molecule has 0 aromatic heterocycles. The molecule has 2 atom stereocenters. The van der Waals surface area contributed by atoms with E-state index < -0.39 is 0 Å². The molecule has 0 unspecified atom stereocenters. The molecule has 2 aliphatic rings. The van der Waals surface area contributed by atoms with Crippen LogP contribution in [0.5, 0.6) is 5.75 Å². The molecule has 0 spiro atoms. The highest BCUT2D eigenvalue weighted by atomic mass is 16.5. The van der Waals surface area contributed by atoms with Crippen LogP contribution in [-0.2, 0) is 11.3 Å². The highest BCUT2D eigenvalue weighted by molar-refractivity contribution is 5.76. The van der Waals surface area contributed by atoms with Crippen molar-refractivity contribution < 1.29 is 9.53 Å². The van der Waals surface area contributed by atoms with Crippen LogP contribution in [0.1, 0.15) is 51.0 Å². The number of nitrogens with one attached hydrogen (secondary N) is 1. The maximum atomic E-state index is 12.4. The fourth-order valence-corrected chi connectivity index (χ4v) is 4.12. The Kier molecular flexibility index (Phi) is 7.27. The molecule has 1 aromatic rings. The summed E-state index contributed by atoms with van der Waals surface area (Å²) in [6.45, 7) is 4.92. The number of likely N-dealkylation sites (tertiary alicyclic amines) is 1. The van der Waals surface area contributed by atoms with Gasteiger partial charge in [-0.1, -0.05) is 19.1 Å². The maximum Gasteiger partial charge on any atom is 0.220 e. The zero-order chi connectivity index (χ0) is 20.7. The SMILES string of the molecule is C#CCCC1(CCC(=O)NC[C@@H]2[C@H](C)CCCN2Cc2ccc(OC)cc2)N=N1. The van der Waals surface area contributed by atoms with Crippen LogP contribution < -0.4 is 10.1 Å². The summed E-state index contributed by atoms with van der Waals surface area (Å²) in [6.07, 6.45) is 10.2. The monoisotopic (exact) mass is 396 g/mol. The van der Waals surface area contributed by atoms with Crippen molar-refractivity contribution >= 4 is 5.91 Å². The summed E-state index contributed by atoms with van der Waals surface area (Å²) in [4.78, 5) is 14.9. The highest BCUT2D eigenvalue weighted by Gasteiger charge is 2.39. The Labute approximate surface area is 174 Å². The van der Waals surface area contributed by atoms with Gasteiger partial charge in [0.15, 0.2) is 5.66 Å². The average molecular weight is 397 g/mol. The minimum absolute atomic E-state index is 0.0737. The number of amides is 1. The minimum atomic E-state index is -0.387. The van der Waals surface area contributed by atoms with E-state index in [1.165, 1.54) is 18.4 Å². The lowest BCUT2D eigenvalue weighted by atomic mass is 9.90. The zero-order valence-electron chi connectivity index (χ0n) is 17.6. The van der Waals surface area contributed by atoms with Gasteiger partial charge < -0.3 is 10.1 Å². The van der Waals surface area contributed by atoms with Gasteiger partial charge in [-0.3, -0.25) is 9.69 Å². The molecule has 0 aliphatic carbocycles. The Hall–Kier alpha value is -2.39. The second-order valence-electron chi connectivity index (χ2n) is 8.20. The van der Waals surface area contributed by atoms with Gasteiger partial charge in [0.05, 0.1) is 7.11 Å². The van der Waals surface area contributed by atoms with Crippen molar-refractivity contribution in [1.82, 2.24) is 10.2 Å². The average Bonchev–Trinajstić information content (AvgIpc) is 3.51. The lowest BCUT2D eigenvalue weighted by molar-refractivity contribution is -0.121. The summed E-state index contributed by atoms with van der Waals surface area (Å²) < 4.78 is 5.25. The first-order valence-corrected chi connectivity index (χ1v) is 10.6. The van der Waals surface area contributed by atoms with E-state index >= 15 is 0 Å². The largest absolute Gasteiger partial charge is 0.497 e. The number of benzene rings is 1. The molecular weight excluding hydrogens is 364 g/mol. The maximum absolute atomic E-state index is 12.4. The number of nitrogens with zero attached hydrogens (tertiary/aromatic N) is 3. The lowest BCUT2D eigenvalue weighted by Gasteiger charge is -2.40. The van der Waals surface area contributed by atoms with Crippen molar-refractivity contribution in [1.29, 1.82) is 0 Å². The van der Waals surface area contributed by atoms with Crippen molar-refractivity contribution in [3.8, 4) is 18.1 Å². The van der Waals surface area contributed by atoms with E-state index in [9.17, 15) is 4.79 Å². The first-order chi connectivity index (χ1) is 14.0. The van der Waals surface area contributed by atoms with Crippen molar-refractivity contribution in [2.45, 2.75) is 63.7 Å². The van der Waals surface area contributed by atoms with Gasteiger partial charge in [0.25, 0.3) is 0 Å². The third-order valence-electron chi connectivity index (χ3n) is 6.09. The van der Waals surface area contributed by atoms with E-state index in [1.54, 1.807) is 7.11 Å². The molecule has 2 aliphatic heterocycles. The fraction of sp³-hybridized carbons (Fsp3) is 0.609. The molecule has 1 saturated heterocycles. The Morgan fingerprint density at radius 1 is 1.34 bits per heavy atom. The second-order valence-corrected chi connectivity index (χ2v) is 8.20. The molecule has 156 valence electrons. The van der Waals surface area contributed by atoms with Crippen LogP contribution in [0.25, 0.3) is 0 Å². The lowest BCUT2D eigenvalue weighted by Crippen LogP contribution is -2.50. The molecular formula is C23H32N4O2. The molecule has 1 fully saturated rings. The summed E-state index contributed by atoms with van der Waals surface area (Å²) >= 11 is 0. The summed E-state index contributed by atoms with van der Waals surface area (Å²) in [5.41, 5.74) is 0.881. The van der Waals surface area contributed by atoms with Gasteiger partial charge in [-0.2, -0.15) is 10.2 Å². The van der Waals surface area contributed by atoms with Crippen LogP contribution in [-0.4, -0.2) is 42.7 Å². The van der Waals surface area contributed by atoms with Crippen LogP contribution in [0.4, 0.5) is 0 Å². The second kappa shape index (κ2) is 9.89. The number of methoxy groups -OCH3 is 1. The number of carbonyl (C=O) groups is 1. The van der Waals surface area contributed by atoms with E-state index in [0.717, 1.165) is 25.3 Å². The van der Waals surface area contributed by atoms with Crippen molar-refractivity contribution in [3.05, 3.63) is 29.8 Å². The molecule has 2 heterocycles. The van der Waals surface area contributed by atoms with Gasteiger partial charge in [-0.25, -0.2) is 0 Å². The van der Waals surface area contributed by atoms with Gasteiger partial charge in [0, 0.05) is 44.8 Å². The van der Waals surface area contributed by atoms with E-state index in [2.05, 4.69) is 45.4 Å². The van der Waals surface area contributed by atoms with E-state index in [-0.39, 0.29) is 11.6 Å². The number of terminal acetylenes is 1. The molecule has 3 rings (SSSR count). The van der Waals surface area contributed by atoms with Crippen molar-refractivity contribution in [2.75, 3.05) is 20.2 Å². The number of rotatable bonds is 10. The van der Waals surface area contributed by atoms with Gasteiger partial charge >= 0.3 is 0 Å². The molecule has 1 amide bonds. The molecule has 29 heavy (non-hydrogen) atoms. The molecule has 1 N–H and O–H groups in total. The van der Waals surface area contributed by atoms with Crippen LogP contribution in [0, 0.1) is 18.3 Å². The normalized spacial score (nSPS) is 22.7. The molecule has 6 heteroatoms. The predicted octanol–water partition coefficient (Wildman–Crippen LogP) is 3.77. The van der Waals surface area contributed by atoms with E-state index in [0.29, 0.717) is 37.8 Å². The number of carbonyl (C=O) groups excluding carboxylic acids is 1.